The van der Waals surface area contributed by atoms with Gasteiger partial charge in [0.2, 0.25) is 0 Å². The molecule has 7 nitrogen and oxygen atoms in total. The maximum absolute atomic E-state index is 12.5. The second kappa shape index (κ2) is 5.39. The Morgan fingerprint density at radius 3 is 2.59 bits per heavy atom. The fraction of sp³-hybridized carbons (Fsp3) is 0.667. The van der Waals surface area contributed by atoms with Gasteiger partial charge in [-0.2, -0.15) is 0 Å². The van der Waals surface area contributed by atoms with Crippen LogP contribution in [-0.2, 0) is 20.6 Å². The van der Waals surface area contributed by atoms with Crippen LogP contribution in [0.25, 0.3) is 11.2 Å². The van der Waals surface area contributed by atoms with E-state index in [2.05, 4.69) is 10.3 Å². The van der Waals surface area contributed by atoms with Crippen LogP contribution >= 0.6 is 0 Å². The molecule has 0 aliphatic carbocycles. The molecule has 3 rings (SSSR count). The van der Waals surface area contributed by atoms with Crippen molar-refractivity contribution in [3.8, 4) is 0 Å². The van der Waals surface area contributed by atoms with Gasteiger partial charge in [-0.1, -0.05) is 13.8 Å². The van der Waals surface area contributed by atoms with Crippen molar-refractivity contribution in [1.82, 2.24) is 24.0 Å². The number of nitrogens with zero attached hydrogens (tertiary/aromatic N) is 4. The Hall–Kier alpha value is -1.89. The van der Waals surface area contributed by atoms with Crippen molar-refractivity contribution in [3.05, 3.63) is 26.7 Å². The molecule has 0 aromatic carbocycles. The molecule has 2 aromatic rings. The Labute approximate surface area is 128 Å². The van der Waals surface area contributed by atoms with Crippen LogP contribution < -0.4 is 16.6 Å². The molecule has 0 radical (unpaired) electrons. The monoisotopic (exact) mass is 305 g/mol. The fourth-order valence-electron chi connectivity index (χ4n) is 3.19. The number of nitrogens with one attached hydrogen (secondary N) is 1. The Balaban J connectivity index is 2.32. The van der Waals surface area contributed by atoms with E-state index in [1.54, 1.807) is 4.57 Å². The van der Waals surface area contributed by atoms with Gasteiger partial charge in [0, 0.05) is 20.6 Å². The van der Waals surface area contributed by atoms with Crippen molar-refractivity contribution in [1.29, 1.82) is 0 Å². The Bertz CT molecular complexity index is 821. The first-order chi connectivity index (χ1) is 10.4. The molecule has 120 valence electrons. The molecule has 0 spiro atoms. The van der Waals surface area contributed by atoms with Crippen LogP contribution in [0.2, 0.25) is 0 Å². The maximum Gasteiger partial charge on any atom is 0.332 e. The molecule has 3 heterocycles. The number of rotatable bonds is 3. The first kappa shape index (κ1) is 15.0. The quantitative estimate of drug-likeness (QED) is 0.897. The summed E-state index contributed by atoms with van der Waals surface area (Å²) in [7, 11) is 3.39. The van der Waals surface area contributed by atoms with Gasteiger partial charge in [0.15, 0.2) is 11.2 Å². The van der Waals surface area contributed by atoms with Crippen molar-refractivity contribution in [3.63, 3.8) is 0 Å². The van der Waals surface area contributed by atoms with Crippen molar-refractivity contribution >= 4 is 11.2 Å². The third-order valence-corrected chi connectivity index (χ3v) is 4.31. The summed E-state index contributed by atoms with van der Waals surface area (Å²) in [6, 6.07) is 0.157. The highest BCUT2D eigenvalue weighted by atomic mass is 16.2. The van der Waals surface area contributed by atoms with Gasteiger partial charge in [-0.3, -0.25) is 13.9 Å². The number of fused-ring (bicyclic) bond motifs is 1. The van der Waals surface area contributed by atoms with Gasteiger partial charge in [-0.25, -0.2) is 9.78 Å². The van der Waals surface area contributed by atoms with Crippen molar-refractivity contribution in [2.24, 2.45) is 20.0 Å². The van der Waals surface area contributed by atoms with Crippen LogP contribution in [0.15, 0.2) is 9.59 Å². The molecular weight excluding hydrogens is 282 g/mol. The van der Waals surface area contributed by atoms with E-state index in [4.69, 9.17) is 0 Å². The SMILES string of the molecule is CC(C)Cn1c(=O)n(C)c(=O)c2c1nc(C1CCCN1)n2C. The molecule has 0 saturated carbocycles. The summed E-state index contributed by atoms with van der Waals surface area (Å²) < 4.78 is 4.65. The second-order valence-corrected chi connectivity index (χ2v) is 6.50. The number of imidazole rings is 1. The second-order valence-electron chi connectivity index (χ2n) is 6.50. The number of hydrogen-bond acceptors (Lipinski definition) is 4. The highest BCUT2D eigenvalue weighted by molar-refractivity contribution is 5.71. The van der Waals surface area contributed by atoms with Crippen LogP contribution in [0.5, 0.6) is 0 Å². The number of hydrogen-bond donors (Lipinski definition) is 1. The number of aryl methyl sites for hydroxylation is 1. The van der Waals surface area contributed by atoms with E-state index >= 15 is 0 Å². The lowest BCUT2D eigenvalue weighted by atomic mass is 10.2. The van der Waals surface area contributed by atoms with E-state index in [0.717, 1.165) is 25.2 Å². The first-order valence-electron chi connectivity index (χ1n) is 7.81. The summed E-state index contributed by atoms with van der Waals surface area (Å²) in [5, 5.41) is 3.40. The molecule has 1 aliphatic rings. The lowest BCUT2D eigenvalue weighted by Gasteiger charge is -2.11. The van der Waals surface area contributed by atoms with E-state index < -0.39 is 0 Å². The van der Waals surface area contributed by atoms with Crippen molar-refractivity contribution in [2.45, 2.75) is 39.3 Å². The summed E-state index contributed by atoms with van der Waals surface area (Å²) in [4.78, 5) is 29.6. The molecule has 1 unspecified atom stereocenters. The number of aromatic nitrogens is 4. The fourth-order valence-corrected chi connectivity index (χ4v) is 3.19. The van der Waals surface area contributed by atoms with Crippen LogP contribution in [-0.4, -0.2) is 25.2 Å². The molecule has 1 saturated heterocycles. The predicted molar refractivity (Wildman–Crippen MR) is 85.0 cm³/mol. The predicted octanol–water partition coefficient (Wildman–Crippen LogP) is 0.514. The van der Waals surface area contributed by atoms with Crippen LogP contribution in [0, 0.1) is 5.92 Å². The molecule has 1 fully saturated rings. The van der Waals surface area contributed by atoms with E-state index in [1.165, 1.54) is 11.6 Å². The van der Waals surface area contributed by atoms with Gasteiger partial charge < -0.3 is 9.88 Å². The molecule has 1 aliphatic heterocycles. The summed E-state index contributed by atoms with van der Waals surface area (Å²) in [6.07, 6.45) is 2.11. The average molecular weight is 305 g/mol. The van der Waals surface area contributed by atoms with Gasteiger partial charge >= 0.3 is 5.69 Å². The minimum absolute atomic E-state index is 0.157. The van der Waals surface area contributed by atoms with Crippen molar-refractivity contribution in [2.75, 3.05) is 6.54 Å². The third kappa shape index (κ3) is 2.20. The van der Waals surface area contributed by atoms with Crippen LogP contribution in [0.4, 0.5) is 0 Å². The molecule has 2 aromatic heterocycles. The highest BCUT2D eigenvalue weighted by Crippen LogP contribution is 2.24. The highest BCUT2D eigenvalue weighted by Gasteiger charge is 2.25. The van der Waals surface area contributed by atoms with Gasteiger partial charge in [-0.05, 0) is 25.3 Å². The molecule has 0 bridgehead atoms. The largest absolute Gasteiger partial charge is 0.332 e. The summed E-state index contributed by atoms with van der Waals surface area (Å²) in [5.74, 6) is 1.14. The summed E-state index contributed by atoms with van der Waals surface area (Å²) >= 11 is 0. The average Bonchev–Trinajstić information content (AvgIpc) is 3.08. The lowest BCUT2D eigenvalue weighted by Crippen LogP contribution is -2.39. The minimum atomic E-state index is -0.296. The van der Waals surface area contributed by atoms with E-state index in [-0.39, 0.29) is 17.3 Å². The van der Waals surface area contributed by atoms with Crippen molar-refractivity contribution < 1.29 is 0 Å². The minimum Gasteiger partial charge on any atom is -0.324 e. The molecule has 0 amide bonds. The van der Waals surface area contributed by atoms with Gasteiger partial charge in [-0.15, -0.1) is 0 Å². The van der Waals surface area contributed by atoms with E-state index in [0.29, 0.717) is 23.6 Å². The topological polar surface area (TPSA) is 73.8 Å². The Morgan fingerprint density at radius 2 is 2.00 bits per heavy atom. The molecule has 7 heteroatoms. The zero-order chi connectivity index (χ0) is 16.0. The van der Waals surface area contributed by atoms with Gasteiger partial charge in [0.05, 0.1) is 6.04 Å². The smallest absolute Gasteiger partial charge is 0.324 e. The van der Waals surface area contributed by atoms with Gasteiger partial charge in [0.25, 0.3) is 5.56 Å². The normalized spacial score (nSPS) is 18.7. The van der Waals surface area contributed by atoms with E-state index in [9.17, 15) is 9.59 Å². The zero-order valence-electron chi connectivity index (χ0n) is 13.6. The molecule has 1 atom stereocenters. The standard InChI is InChI=1S/C15H23N5O2/c1-9(2)8-20-13-11(14(21)19(4)15(20)22)18(3)12(17-13)10-6-5-7-16-10/h9-10,16H,5-8H2,1-4H3. The molecule has 1 N–H and O–H groups in total. The first-order valence-corrected chi connectivity index (χ1v) is 7.81. The Kier molecular flexibility index (Phi) is 3.68. The summed E-state index contributed by atoms with van der Waals surface area (Å²) in [5.41, 5.74) is 0.439. The third-order valence-electron chi connectivity index (χ3n) is 4.31. The van der Waals surface area contributed by atoms with Gasteiger partial charge in [0.1, 0.15) is 5.82 Å². The lowest BCUT2D eigenvalue weighted by molar-refractivity contribution is 0.499. The van der Waals surface area contributed by atoms with Crippen LogP contribution in [0.1, 0.15) is 38.6 Å². The zero-order valence-corrected chi connectivity index (χ0v) is 13.6. The molecule has 22 heavy (non-hydrogen) atoms. The summed E-state index contributed by atoms with van der Waals surface area (Å²) in [6.45, 7) is 5.61. The maximum atomic E-state index is 12.5. The Morgan fingerprint density at radius 1 is 1.27 bits per heavy atom. The van der Waals surface area contributed by atoms with Crippen LogP contribution in [0.3, 0.4) is 0 Å². The van der Waals surface area contributed by atoms with E-state index in [1.807, 2.05) is 25.5 Å². The molecular formula is C15H23N5O2.